The van der Waals surface area contributed by atoms with E-state index >= 15 is 0 Å². The van der Waals surface area contributed by atoms with E-state index in [4.69, 9.17) is 4.74 Å². The number of rotatable bonds is 24. The molecule has 0 fully saturated rings. The fourth-order valence-electron chi connectivity index (χ4n) is 4.10. The van der Waals surface area contributed by atoms with Gasteiger partial charge in [-0.25, -0.2) is 0 Å². The van der Waals surface area contributed by atoms with E-state index in [1.54, 1.807) is 0 Å². The van der Waals surface area contributed by atoms with Crippen LogP contribution in [-0.2, 0) is 14.3 Å². The number of esters is 2. The van der Waals surface area contributed by atoms with Crippen molar-refractivity contribution in [3.8, 4) is 0 Å². The zero-order valence-electron chi connectivity index (χ0n) is 21.2. The Morgan fingerprint density at radius 3 is 0.871 bits per heavy atom. The van der Waals surface area contributed by atoms with Crippen molar-refractivity contribution in [2.75, 3.05) is 0 Å². The summed E-state index contributed by atoms with van der Waals surface area (Å²) in [6.07, 6.45) is 28.8. The number of carbonyl (C=O) groups is 2. The molecule has 0 aromatic carbocycles. The molecule has 0 N–H and O–H groups in total. The van der Waals surface area contributed by atoms with E-state index in [1.807, 2.05) is 0 Å². The van der Waals surface area contributed by atoms with Gasteiger partial charge >= 0.3 is 11.9 Å². The predicted molar refractivity (Wildman–Crippen MR) is 133 cm³/mol. The van der Waals surface area contributed by atoms with Gasteiger partial charge in [-0.2, -0.15) is 0 Å². The zero-order chi connectivity index (χ0) is 22.8. The van der Waals surface area contributed by atoms with Crippen LogP contribution < -0.4 is 0 Å². The minimum atomic E-state index is -0.339. The first kappa shape index (κ1) is 30.1. The molecule has 0 aliphatic heterocycles. The van der Waals surface area contributed by atoms with E-state index in [2.05, 4.69) is 13.8 Å². The van der Waals surface area contributed by atoms with Crippen LogP contribution in [0.5, 0.6) is 0 Å². The number of unbranched alkanes of at least 4 members (excludes halogenated alkanes) is 20. The summed E-state index contributed by atoms with van der Waals surface area (Å²) in [5.41, 5.74) is 0. The summed E-state index contributed by atoms with van der Waals surface area (Å²) < 4.78 is 4.91. The molecule has 0 atom stereocenters. The van der Waals surface area contributed by atoms with Crippen molar-refractivity contribution in [3.05, 3.63) is 0 Å². The van der Waals surface area contributed by atoms with Crippen LogP contribution in [0.15, 0.2) is 0 Å². The Hall–Kier alpha value is -0.860. The predicted octanol–water partition coefficient (Wildman–Crippen LogP) is 9.46. The maximum absolute atomic E-state index is 11.7. The van der Waals surface area contributed by atoms with E-state index in [0.717, 1.165) is 32.1 Å². The molecule has 31 heavy (non-hydrogen) atoms. The fourth-order valence-corrected chi connectivity index (χ4v) is 4.10. The minimum absolute atomic E-state index is 0.334. The molecule has 0 aromatic rings. The molecule has 0 aliphatic carbocycles. The monoisotopic (exact) mass is 438 g/mol. The van der Waals surface area contributed by atoms with E-state index < -0.39 is 0 Å². The van der Waals surface area contributed by atoms with Gasteiger partial charge in [-0.05, 0) is 12.8 Å². The van der Waals surface area contributed by atoms with Crippen LogP contribution in [0.3, 0.4) is 0 Å². The molecule has 3 heteroatoms. The quantitative estimate of drug-likeness (QED) is 0.0856. The summed E-state index contributed by atoms with van der Waals surface area (Å²) in [5, 5.41) is 0. The summed E-state index contributed by atoms with van der Waals surface area (Å²) in [4.78, 5) is 23.3. The number of ether oxygens (including phenoxy) is 1. The van der Waals surface area contributed by atoms with Gasteiger partial charge in [0, 0.05) is 12.8 Å². The van der Waals surface area contributed by atoms with Crippen LogP contribution in [-0.4, -0.2) is 11.9 Å². The van der Waals surface area contributed by atoms with Crippen molar-refractivity contribution in [1.82, 2.24) is 0 Å². The highest BCUT2D eigenvalue weighted by Crippen LogP contribution is 2.14. The van der Waals surface area contributed by atoms with Crippen molar-refractivity contribution < 1.29 is 14.3 Å². The summed E-state index contributed by atoms with van der Waals surface area (Å²) in [6, 6.07) is 0. The molecule has 0 rings (SSSR count). The summed E-state index contributed by atoms with van der Waals surface area (Å²) in [5.74, 6) is -0.673. The Bertz CT molecular complexity index is 392. The van der Waals surface area contributed by atoms with Crippen molar-refractivity contribution in [3.63, 3.8) is 0 Å². The maximum atomic E-state index is 11.7. The van der Waals surface area contributed by atoms with Crippen molar-refractivity contribution >= 4 is 11.9 Å². The van der Waals surface area contributed by atoms with Gasteiger partial charge in [0.1, 0.15) is 0 Å². The number of carbonyl (C=O) groups excluding carboxylic acids is 2. The molecule has 3 nitrogen and oxygen atoms in total. The van der Waals surface area contributed by atoms with Crippen LogP contribution in [0.2, 0.25) is 0 Å². The molecule has 184 valence electrons. The van der Waals surface area contributed by atoms with Gasteiger partial charge in [0.25, 0.3) is 0 Å². The maximum Gasteiger partial charge on any atom is 0.313 e. The Balaban J connectivity index is 3.23. The first-order chi connectivity index (χ1) is 15.2. The van der Waals surface area contributed by atoms with E-state index in [1.165, 1.54) is 109 Å². The molecule has 0 saturated heterocycles. The van der Waals surface area contributed by atoms with Gasteiger partial charge in [0.05, 0.1) is 0 Å². The van der Waals surface area contributed by atoms with Gasteiger partial charge in [-0.3, -0.25) is 9.59 Å². The second-order valence-corrected chi connectivity index (χ2v) is 9.42. The number of hydrogen-bond acceptors (Lipinski definition) is 3. The molecule has 0 amide bonds. The molecule has 0 heterocycles. The van der Waals surface area contributed by atoms with Crippen molar-refractivity contribution in [2.45, 2.75) is 168 Å². The third-order valence-corrected chi connectivity index (χ3v) is 6.20. The average molecular weight is 439 g/mol. The highest BCUT2D eigenvalue weighted by molar-refractivity contribution is 5.85. The fraction of sp³-hybridized carbons (Fsp3) is 0.929. The lowest BCUT2D eigenvalue weighted by atomic mass is 10.0. The lowest BCUT2D eigenvalue weighted by molar-refractivity contribution is -0.159. The summed E-state index contributed by atoms with van der Waals surface area (Å²) in [7, 11) is 0. The van der Waals surface area contributed by atoms with Gasteiger partial charge in [0.15, 0.2) is 0 Å². The second-order valence-electron chi connectivity index (χ2n) is 9.42. The van der Waals surface area contributed by atoms with Gasteiger partial charge in [-0.1, -0.05) is 142 Å². The van der Waals surface area contributed by atoms with Gasteiger partial charge in [-0.15, -0.1) is 0 Å². The smallest absolute Gasteiger partial charge is 0.313 e. The Morgan fingerprint density at radius 2 is 0.613 bits per heavy atom. The minimum Gasteiger partial charge on any atom is -0.393 e. The lowest BCUT2D eigenvalue weighted by Gasteiger charge is -2.04. The Labute approximate surface area is 194 Å². The Kier molecular flexibility index (Phi) is 24.7. The standard InChI is InChI=1S/C28H54O3/c1-3-5-7-9-10-11-12-13-14-15-16-17-18-19-20-22-24-26-28(30)31-27(29)25-23-21-8-6-4-2/h3-26H2,1-2H3. The van der Waals surface area contributed by atoms with Gasteiger partial charge in [0.2, 0.25) is 0 Å². The third-order valence-electron chi connectivity index (χ3n) is 6.20. The molecular formula is C28H54O3. The van der Waals surface area contributed by atoms with E-state index in [-0.39, 0.29) is 11.9 Å². The van der Waals surface area contributed by atoms with Crippen LogP contribution in [0.1, 0.15) is 168 Å². The zero-order valence-corrected chi connectivity index (χ0v) is 21.2. The SMILES string of the molecule is CCCCCCCCCCCCCCCCCCCC(=O)OC(=O)CCCCCCC. The molecule has 0 aliphatic rings. The largest absolute Gasteiger partial charge is 0.393 e. The molecule has 0 radical (unpaired) electrons. The van der Waals surface area contributed by atoms with Crippen LogP contribution in [0, 0.1) is 0 Å². The van der Waals surface area contributed by atoms with E-state index in [9.17, 15) is 9.59 Å². The van der Waals surface area contributed by atoms with E-state index in [0.29, 0.717) is 12.8 Å². The molecule has 0 unspecified atom stereocenters. The van der Waals surface area contributed by atoms with Crippen molar-refractivity contribution in [2.24, 2.45) is 0 Å². The van der Waals surface area contributed by atoms with Gasteiger partial charge < -0.3 is 4.74 Å². The summed E-state index contributed by atoms with van der Waals surface area (Å²) >= 11 is 0. The topological polar surface area (TPSA) is 43.4 Å². The van der Waals surface area contributed by atoms with Crippen LogP contribution in [0.4, 0.5) is 0 Å². The van der Waals surface area contributed by atoms with Crippen LogP contribution in [0.25, 0.3) is 0 Å². The van der Waals surface area contributed by atoms with Crippen LogP contribution >= 0.6 is 0 Å². The second kappa shape index (κ2) is 25.4. The first-order valence-corrected chi connectivity index (χ1v) is 13.9. The molecular weight excluding hydrogens is 384 g/mol. The molecule has 0 aromatic heterocycles. The van der Waals surface area contributed by atoms with Crippen molar-refractivity contribution in [1.29, 1.82) is 0 Å². The molecule has 0 saturated carbocycles. The first-order valence-electron chi connectivity index (χ1n) is 13.9. The average Bonchev–Trinajstić information content (AvgIpc) is 2.75. The normalized spacial score (nSPS) is 11.0. The number of hydrogen-bond donors (Lipinski definition) is 0. The third kappa shape index (κ3) is 25.3. The highest BCUT2D eigenvalue weighted by atomic mass is 16.6. The molecule has 0 spiro atoms. The lowest BCUT2D eigenvalue weighted by Crippen LogP contribution is -2.11. The Morgan fingerprint density at radius 1 is 0.387 bits per heavy atom. The highest BCUT2D eigenvalue weighted by Gasteiger charge is 2.09. The summed E-state index contributed by atoms with van der Waals surface area (Å²) in [6.45, 7) is 4.45. The molecule has 0 bridgehead atoms.